The number of hydrogen-bond donors (Lipinski definition) is 2. The third kappa shape index (κ3) is 1.78. The molecule has 1 unspecified atom stereocenters. The summed E-state index contributed by atoms with van der Waals surface area (Å²) in [5.74, 6) is 0.100. The monoisotopic (exact) mass is 263 g/mol. The molecular formula is C12H13N3O4. The molecule has 2 N–H and O–H groups in total. The van der Waals surface area contributed by atoms with Crippen LogP contribution < -0.4 is 10.6 Å². The maximum Gasteiger partial charge on any atom is 0.322 e. The third-order valence-corrected chi connectivity index (χ3v) is 3.55. The number of hydrogen-bond acceptors (Lipinski definition) is 4. The minimum absolute atomic E-state index is 0.188. The molecule has 0 saturated carbocycles. The summed E-state index contributed by atoms with van der Waals surface area (Å²) in [5.41, 5.74) is -0.509. The lowest BCUT2D eigenvalue weighted by molar-refractivity contribution is -0.123. The van der Waals surface area contributed by atoms with Crippen molar-refractivity contribution in [3.05, 3.63) is 23.7 Å². The molecule has 1 aromatic rings. The highest BCUT2D eigenvalue weighted by Crippen LogP contribution is 2.26. The molecule has 19 heavy (non-hydrogen) atoms. The highest BCUT2D eigenvalue weighted by Gasteiger charge is 2.51. The van der Waals surface area contributed by atoms with E-state index in [2.05, 4.69) is 10.6 Å². The number of likely N-dealkylation sites (tertiary alicyclic amines) is 1. The van der Waals surface area contributed by atoms with Gasteiger partial charge in [0, 0.05) is 6.54 Å². The van der Waals surface area contributed by atoms with Crippen LogP contribution in [0.25, 0.3) is 0 Å². The molecule has 4 amide bonds. The molecule has 3 heterocycles. The van der Waals surface area contributed by atoms with E-state index >= 15 is 0 Å². The van der Waals surface area contributed by atoms with Gasteiger partial charge in [-0.1, -0.05) is 0 Å². The fourth-order valence-electron chi connectivity index (χ4n) is 2.54. The number of nitrogens with one attached hydrogen (secondary N) is 2. The second-order valence-electron chi connectivity index (χ2n) is 4.91. The summed E-state index contributed by atoms with van der Waals surface area (Å²) in [6.45, 7) is 2.37. The molecule has 3 rings (SSSR count). The minimum Gasteiger partial charge on any atom is -0.469 e. The Labute approximate surface area is 108 Å². The van der Waals surface area contributed by atoms with Gasteiger partial charge in [0.1, 0.15) is 17.6 Å². The number of rotatable bonds is 1. The maximum absolute atomic E-state index is 12.2. The highest BCUT2D eigenvalue weighted by molar-refractivity contribution is 6.08. The Morgan fingerprint density at radius 2 is 2.26 bits per heavy atom. The Balaban J connectivity index is 1.78. The normalized spacial score (nSPS) is 25.8. The van der Waals surface area contributed by atoms with Crippen molar-refractivity contribution in [3.8, 4) is 0 Å². The average Bonchev–Trinajstić information content (AvgIpc) is 3.01. The molecule has 1 atom stereocenters. The van der Waals surface area contributed by atoms with Gasteiger partial charge in [-0.15, -0.1) is 0 Å². The summed E-state index contributed by atoms with van der Waals surface area (Å²) in [6.07, 6.45) is 1.82. The smallest absolute Gasteiger partial charge is 0.322 e. The maximum atomic E-state index is 12.2. The van der Waals surface area contributed by atoms with E-state index in [1.165, 1.54) is 6.26 Å². The molecule has 0 bridgehead atoms. The first-order valence-electron chi connectivity index (χ1n) is 5.98. The van der Waals surface area contributed by atoms with Gasteiger partial charge < -0.3 is 14.6 Å². The molecule has 2 fully saturated rings. The van der Waals surface area contributed by atoms with Crippen molar-refractivity contribution in [2.24, 2.45) is 0 Å². The second kappa shape index (κ2) is 3.84. The molecular weight excluding hydrogens is 250 g/mol. The third-order valence-electron chi connectivity index (χ3n) is 3.55. The fraction of sp³-hybridized carbons (Fsp3) is 0.417. The van der Waals surface area contributed by atoms with Crippen LogP contribution in [0.3, 0.4) is 0 Å². The van der Waals surface area contributed by atoms with Crippen molar-refractivity contribution in [1.82, 2.24) is 15.5 Å². The molecule has 7 nitrogen and oxygen atoms in total. The van der Waals surface area contributed by atoms with Crippen LogP contribution in [-0.2, 0) is 4.79 Å². The Morgan fingerprint density at radius 3 is 2.84 bits per heavy atom. The predicted molar refractivity (Wildman–Crippen MR) is 63.4 cm³/mol. The van der Waals surface area contributed by atoms with E-state index in [-0.39, 0.29) is 18.4 Å². The summed E-state index contributed by atoms with van der Waals surface area (Å²) in [7, 11) is 0. The van der Waals surface area contributed by atoms with Gasteiger partial charge in [-0.25, -0.2) is 4.79 Å². The van der Waals surface area contributed by atoms with Gasteiger partial charge >= 0.3 is 6.03 Å². The van der Waals surface area contributed by atoms with E-state index in [0.29, 0.717) is 24.3 Å². The van der Waals surface area contributed by atoms with Crippen LogP contribution >= 0.6 is 0 Å². The lowest BCUT2D eigenvalue weighted by Crippen LogP contribution is -2.49. The summed E-state index contributed by atoms with van der Waals surface area (Å²) in [4.78, 5) is 36.7. The van der Waals surface area contributed by atoms with Gasteiger partial charge in [-0.3, -0.25) is 14.9 Å². The van der Waals surface area contributed by atoms with Crippen molar-refractivity contribution in [1.29, 1.82) is 0 Å². The molecule has 0 radical (unpaired) electrons. The second-order valence-corrected chi connectivity index (χ2v) is 4.91. The van der Waals surface area contributed by atoms with Crippen molar-refractivity contribution < 1.29 is 18.8 Å². The largest absolute Gasteiger partial charge is 0.469 e. The Bertz CT molecular complexity index is 579. The molecule has 7 heteroatoms. The number of aryl methyl sites for hydroxylation is 1. The molecule has 1 aromatic heterocycles. The number of nitrogens with zero attached hydrogens (tertiary/aromatic N) is 1. The molecule has 1 spiro atoms. The van der Waals surface area contributed by atoms with Gasteiger partial charge in [0.2, 0.25) is 0 Å². The lowest BCUT2D eigenvalue weighted by Gasteiger charge is -2.20. The molecule has 100 valence electrons. The van der Waals surface area contributed by atoms with E-state index in [1.54, 1.807) is 17.9 Å². The zero-order valence-corrected chi connectivity index (χ0v) is 10.4. The highest BCUT2D eigenvalue weighted by atomic mass is 16.3. The van der Waals surface area contributed by atoms with Crippen molar-refractivity contribution in [2.75, 3.05) is 13.1 Å². The van der Waals surface area contributed by atoms with E-state index < -0.39 is 11.6 Å². The van der Waals surface area contributed by atoms with E-state index in [0.717, 1.165) is 0 Å². The van der Waals surface area contributed by atoms with E-state index in [4.69, 9.17) is 4.42 Å². The Kier molecular flexibility index (Phi) is 2.38. The topological polar surface area (TPSA) is 91.7 Å². The number of urea groups is 1. The summed E-state index contributed by atoms with van der Waals surface area (Å²) >= 11 is 0. The summed E-state index contributed by atoms with van der Waals surface area (Å²) in [6, 6.07) is 1.15. The zero-order valence-electron chi connectivity index (χ0n) is 10.4. The Morgan fingerprint density at radius 1 is 1.47 bits per heavy atom. The van der Waals surface area contributed by atoms with Crippen molar-refractivity contribution in [2.45, 2.75) is 18.9 Å². The van der Waals surface area contributed by atoms with Gasteiger partial charge in [-0.2, -0.15) is 0 Å². The van der Waals surface area contributed by atoms with Gasteiger partial charge in [-0.05, 0) is 19.4 Å². The fourth-order valence-corrected chi connectivity index (χ4v) is 2.54. The van der Waals surface area contributed by atoms with E-state index in [9.17, 15) is 14.4 Å². The van der Waals surface area contributed by atoms with Gasteiger partial charge in [0.05, 0.1) is 12.1 Å². The van der Waals surface area contributed by atoms with Crippen LogP contribution in [0, 0.1) is 6.92 Å². The van der Waals surface area contributed by atoms with Crippen LogP contribution in [0.15, 0.2) is 16.7 Å². The molecule has 2 aliphatic heterocycles. The minimum atomic E-state index is -0.967. The molecule has 2 saturated heterocycles. The Hall–Kier alpha value is -2.31. The van der Waals surface area contributed by atoms with Crippen LogP contribution in [-0.4, -0.2) is 41.4 Å². The lowest BCUT2D eigenvalue weighted by atomic mass is 9.99. The number of furan rings is 1. The van der Waals surface area contributed by atoms with Crippen LogP contribution in [0.4, 0.5) is 4.79 Å². The number of imide groups is 1. The first-order chi connectivity index (χ1) is 9.00. The SMILES string of the molecule is Cc1cc(C(=O)N2CCC3(C2)NC(=O)NC3=O)co1. The number of carbonyl (C=O) groups is 3. The van der Waals surface area contributed by atoms with Crippen LogP contribution in [0.1, 0.15) is 22.5 Å². The quantitative estimate of drug-likeness (QED) is 0.698. The number of carbonyl (C=O) groups excluding carboxylic acids is 3. The molecule has 0 aromatic carbocycles. The van der Waals surface area contributed by atoms with Gasteiger partial charge in [0.15, 0.2) is 0 Å². The van der Waals surface area contributed by atoms with Gasteiger partial charge in [0.25, 0.3) is 11.8 Å². The average molecular weight is 263 g/mol. The van der Waals surface area contributed by atoms with Crippen LogP contribution in [0.2, 0.25) is 0 Å². The predicted octanol–water partition coefficient (Wildman–Crippen LogP) is 0.0121. The molecule has 2 aliphatic rings. The summed E-state index contributed by atoms with van der Waals surface area (Å²) < 4.78 is 5.10. The molecule has 0 aliphatic carbocycles. The first kappa shape index (κ1) is 11.8. The standard InChI is InChI=1S/C12H13N3O4/c1-7-4-8(5-19-7)9(16)15-3-2-12(6-15)10(17)13-11(18)14-12/h4-5H,2-3,6H2,1H3,(H2,13,14,17,18). The summed E-state index contributed by atoms with van der Waals surface area (Å²) in [5, 5.41) is 4.81. The van der Waals surface area contributed by atoms with E-state index in [1.807, 2.05) is 0 Å². The number of amides is 4. The zero-order chi connectivity index (χ0) is 13.6. The van der Waals surface area contributed by atoms with Crippen molar-refractivity contribution >= 4 is 17.8 Å². The van der Waals surface area contributed by atoms with Crippen molar-refractivity contribution in [3.63, 3.8) is 0 Å². The first-order valence-corrected chi connectivity index (χ1v) is 5.98. The van der Waals surface area contributed by atoms with Crippen LogP contribution in [0.5, 0.6) is 0 Å².